The lowest BCUT2D eigenvalue weighted by molar-refractivity contribution is -0.124. The number of halogens is 3. The predicted octanol–water partition coefficient (Wildman–Crippen LogP) is 1.27. The van der Waals surface area contributed by atoms with Crippen molar-refractivity contribution in [3.05, 3.63) is 0 Å². The Bertz CT molecular complexity index is 154. The molecule has 1 rings (SSSR count). The molecule has 0 aromatic carbocycles. The van der Waals surface area contributed by atoms with E-state index in [0.717, 1.165) is 12.8 Å². The Balaban J connectivity index is 1.94. The van der Waals surface area contributed by atoms with Crippen molar-refractivity contribution in [1.82, 2.24) is 5.32 Å². The molecular formula is C8H15F3N2. The number of hydrogen-bond donors (Lipinski definition) is 2. The third-order valence-corrected chi connectivity index (χ3v) is 2.21. The molecule has 1 aliphatic carbocycles. The Morgan fingerprint density at radius 3 is 2.46 bits per heavy atom. The number of nitrogens with one attached hydrogen (secondary N) is 1. The highest BCUT2D eigenvalue weighted by Crippen LogP contribution is 2.32. The summed E-state index contributed by atoms with van der Waals surface area (Å²) in [4.78, 5) is 0. The zero-order chi connectivity index (χ0) is 9.90. The maximum absolute atomic E-state index is 11.7. The molecule has 1 saturated carbocycles. The molecule has 0 radical (unpaired) electrons. The van der Waals surface area contributed by atoms with Crippen LogP contribution in [-0.4, -0.2) is 25.3 Å². The van der Waals surface area contributed by atoms with Gasteiger partial charge in [-0.05, 0) is 31.7 Å². The van der Waals surface area contributed by atoms with Gasteiger partial charge in [0.1, 0.15) is 0 Å². The van der Waals surface area contributed by atoms with Crippen molar-refractivity contribution in [3.8, 4) is 0 Å². The molecule has 0 saturated heterocycles. The molecule has 1 aliphatic rings. The Labute approximate surface area is 75.7 Å². The Hall–Kier alpha value is -0.290. The van der Waals surface area contributed by atoms with E-state index in [1.807, 2.05) is 0 Å². The fourth-order valence-corrected chi connectivity index (χ4v) is 1.26. The second-order valence-electron chi connectivity index (χ2n) is 3.58. The molecule has 0 aromatic heterocycles. The smallest absolute Gasteiger partial charge is 0.327 e. The summed E-state index contributed by atoms with van der Waals surface area (Å²) in [6, 6.07) is 0.0840. The summed E-state index contributed by atoms with van der Waals surface area (Å²) in [6.07, 6.45) is -1.19. The number of hydrogen-bond acceptors (Lipinski definition) is 2. The standard InChI is InChI=1S/C8H15F3N2/c9-8(10,11)5-13-4-3-7(12)6-1-2-6/h6-7,13H,1-5,12H2. The van der Waals surface area contributed by atoms with E-state index < -0.39 is 12.7 Å². The molecule has 0 spiro atoms. The van der Waals surface area contributed by atoms with Gasteiger partial charge in [0.2, 0.25) is 0 Å². The van der Waals surface area contributed by atoms with E-state index in [-0.39, 0.29) is 6.04 Å². The average molecular weight is 196 g/mol. The van der Waals surface area contributed by atoms with Gasteiger partial charge in [0, 0.05) is 6.04 Å². The minimum atomic E-state index is -4.11. The van der Waals surface area contributed by atoms with Gasteiger partial charge in [0.25, 0.3) is 0 Å². The van der Waals surface area contributed by atoms with E-state index in [1.54, 1.807) is 0 Å². The van der Waals surface area contributed by atoms with Crippen molar-refractivity contribution in [2.45, 2.75) is 31.5 Å². The fraction of sp³-hybridized carbons (Fsp3) is 1.00. The number of nitrogens with two attached hydrogens (primary N) is 1. The van der Waals surface area contributed by atoms with Gasteiger partial charge in [-0.25, -0.2) is 0 Å². The summed E-state index contributed by atoms with van der Waals surface area (Å²) in [5.74, 6) is 0.563. The van der Waals surface area contributed by atoms with Crippen LogP contribution in [0.1, 0.15) is 19.3 Å². The molecule has 1 fully saturated rings. The highest BCUT2D eigenvalue weighted by Gasteiger charge is 2.29. The quantitative estimate of drug-likeness (QED) is 0.650. The SMILES string of the molecule is NC(CCNCC(F)(F)F)C1CC1. The molecule has 5 heteroatoms. The van der Waals surface area contributed by atoms with Gasteiger partial charge in [0.05, 0.1) is 6.54 Å². The maximum Gasteiger partial charge on any atom is 0.401 e. The monoisotopic (exact) mass is 196 g/mol. The minimum Gasteiger partial charge on any atom is -0.327 e. The molecule has 1 unspecified atom stereocenters. The van der Waals surface area contributed by atoms with E-state index in [1.165, 1.54) is 0 Å². The summed E-state index contributed by atoms with van der Waals surface area (Å²) < 4.78 is 35.0. The minimum absolute atomic E-state index is 0.0840. The molecular weight excluding hydrogens is 181 g/mol. The lowest BCUT2D eigenvalue weighted by Crippen LogP contribution is -2.33. The van der Waals surface area contributed by atoms with Gasteiger partial charge in [-0.15, -0.1) is 0 Å². The number of rotatable bonds is 5. The first-order chi connectivity index (χ1) is 5.99. The second kappa shape index (κ2) is 4.28. The lowest BCUT2D eigenvalue weighted by atomic mass is 10.1. The van der Waals surface area contributed by atoms with Gasteiger partial charge >= 0.3 is 6.18 Å². The lowest BCUT2D eigenvalue weighted by Gasteiger charge is -2.11. The third kappa shape index (κ3) is 5.10. The van der Waals surface area contributed by atoms with Crippen LogP contribution in [0.3, 0.4) is 0 Å². The van der Waals surface area contributed by atoms with Gasteiger partial charge in [-0.3, -0.25) is 0 Å². The van der Waals surface area contributed by atoms with Crippen LogP contribution in [0, 0.1) is 5.92 Å². The molecule has 2 nitrogen and oxygen atoms in total. The van der Waals surface area contributed by atoms with E-state index in [2.05, 4.69) is 5.32 Å². The van der Waals surface area contributed by atoms with Crippen LogP contribution in [0.2, 0.25) is 0 Å². The molecule has 0 aliphatic heterocycles. The van der Waals surface area contributed by atoms with Crippen molar-refractivity contribution in [1.29, 1.82) is 0 Å². The summed E-state index contributed by atoms with van der Waals surface area (Å²) in [5.41, 5.74) is 5.71. The van der Waals surface area contributed by atoms with Crippen molar-refractivity contribution >= 4 is 0 Å². The van der Waals surface area contributed by atoms with Crippen molar-refractivity contribution in [2.24, 2.45) is 11.7 Å². The Morgan fingerprint density at radius 2 is 2.00 bits per heavy atom. The molecule has 13 heavy (non-hydrogen) atoms. The first kappa shape index (κ1) is 10.8. The van der Waals surface area contributed by atoms with Gasteiger partial charge < -0.3 is 11.1 Å². The van der Waals surface area contributed by atoms with Crippen LogP contribution in [0.5, 0.6) is 0 Å². The predicted molar refractivity (Wildman–Crippen MR) is 44.2 cm³/mol. The second-order valence-corrected chi connectivity index (χ2v) is 3.58. The third-order valence-electron chi connectivity index (χ3n) is 2.21. The van der Waals surface area contributed by atoms with Crippen molar-refractivity contribution in [2.75, 3.05) is 13.1 Å². The highest BCUT2D eigenvalue weighted by molar-refractivity contribution is 4.84. The molecule has 3 N–H and O–H groups in total. The van der Waals surface area contributed by atoms with Crippen LogP contribution in [0.15, 0.2) is 0 Å². The van der Waals surface area contributed by atoms with Crippen molar-refractivity contribution in [3.63, 3.8) is 0 Å². The van der Waals surface area contributed by atoms with Crippen LogP contribution in [-0.2, 0) is 0 Å². The summed E-state index contributed by atoms with van der Waals surface area (Å²) >= 11 is 0. The van der Waals surface area contributed by atoms with Gasteiger partial charge in [-0.2, -0.15) is 13.2 Å². The zero-order valence-electron chi connectivity index (χ0n) is 7.40. The Kier molecular flexibility index (Phi) is 3.55. The summed E-state index contributed by atoms with van der Waals surface area (Å²) in [7, 11) is 0. The molecule has 0 heterocycles. The van der Waals surface area contributed by atoms with E-state index in [4.69, 9.17) is 5.73 Å². The maximum atomic E-state index is 11.7. The summed E-state index contributed by atoms with van der Waals surface area (Å²) in [5, 5.41) is 2.33. The Morgan fingerprint density at radius 1 is 1.38 bits per heavy atom. The largest absolute Gasteiger partial charge is 0.401 e. The van der Waals surface area contributed by atoms with Gasteiger partial charge in [-0.1, -0.05) is 0 Å². The first-order valence-electron chi connectivity index (χ1n) is 4.52. The van der Waals surface area contributed by atoms with Gasteiger partial charge in [0.15, 0.2) is 0 Å². The molecule has 0 amide bonds. The normalized spacial score (nSPS) is 20.3. The number of alkyl halides is 3. The molecule has 0 aromatic rings. The van der Waals surface area contributed by atoms with E-state index in [9.17, 15) is 13.2 Å². The summed E-state index contributed by atoms with van der Waals surface area (Å²) in [6.45, 7) is -0.554. The highest BCUT2D eigenvalue weighted by atomic mass is 19.4. The zero-order valence-corrected chi connectivity index (χ0v) is 7.40. The van der Waals surface area contributed by atoms with Crippen LogP contribution >= 0.6 is 0 Å². The average Bonchev–Trinajstić information content (AvgIpc) is 2.77. The van der Waals surface area contributed by atoms with Crippen molar-refractivity contribution < 1.29 is 13.2 Å². The first-order valence-corrected chi connectivity index (χ1v) is 4.52. The molecule has 78 valence electrons. The topological polar surface area (TPSA) is 38.0 Å². The van der Waals surface area contributed by atoms with E-state index in [0.29, 0.717) is 18.9 Å². The molecule has 0 bridgehead atoms. The van der Waals surface area contributed by atoms with Crippen LogP contribution in [0.4, 0.5) is 13.2 Å². The van der Waals surface area contributed by atoms with Crippen LogP contribution in [0.25, 0.3) is 0 Å². The van der Waals surface area contributed by atoms with Crippen LogP contribution < -0.4 is 11.1 Å². The molecule has 1 atom stereocenters. The fourth-order valence-electron chi connectivity index (χ4n) is 1.26. The van der Waals surface area contributed by atoms with E-state index >= 15 is 0 Å².